The lowest BCUT2D eigenvalue weighted by atomic mass is 10.1. The van der Waals surface area contributed by atoms with Crippen LogP contribution in [0.2, 0.25) is 0 Å². The second-order valence-electron chi connectivity index (χ2n) is 6.37. The molecule has 3 aromatic rings. The summed E-state index contributed by atoms with van der Waals surface area (Å²) in [4.78, 5) is 19.0. The molecule has 1 aromatic heterocycles. The van der Waals surface area contributed by atoms with E-state index in [9.17, 15) is 15.2 Å². The van der Waals surface area contributed by atoms with Gasteiger partial charge in [0, 0.05) is 17.2 Å². The molecule has 2 aromatic carbocycles. The minimum Gasteiger partial charge on any atom is -0.507 e. The van der Waals surface area contributed by atoms with Gasteiger partial charge in [-0.1, -0.05) is 30.3 Å². The highest BCUT2D eigenvalue weighted by Crippen LogP contribution is 2.23. The van der Waals surface area contributed by atoms with E-state index in [-0.39, 0.29) is 29.1 Å². The zero-order valence-electron chi connectivity index (χ0n) is 15.9. The number of nitrogens with zero attached hydrogens (tertiary/aromatic N) is 3. The van der Waals surface area contributed by atoms with Crippen LogP contribution >= 0.6 is 0 Å². The maximum atomic E-state index is 12.2. The molecule has 29 heavy (non-hydrogen) atoms. The number of aromatic hydroxyl groups is 1. The fourth-order valence-corrected chi connectivity index (χ4v) is 2.58. The molecule has 0 saturated heterocycles. The van der Waals surface area contributed by atoms with Gasteiger partial charge in [0.2, 0.25) is 5.95 Å². The Morgan fingerprint density at radius 1 is 1.28 bits per heavy atom. The highest BCUT2D eigenvalue weighted by atomic mass is 16.5. The van der Waals surface area contributed by atoms with E-state index in [0.29, 0.717) is 16.9 Å². The Balaban J connectivity index is 1.83. The quantitative estimate of drug-likeness (QED) is 0.439. The molecule has 0 fully saturated rings. The van der Waals surface area contributed by atoms with E-state index in [1.54, 1.807) is 36.4 Å². The molecule has 1 heterocycles. The normalized spacial score (nSPS) is 10.8. The van der Waals surface area contributed by atoms with E-state index >= 15 is 0 Å². The monoisotopic (exact) mass is 389 g/mol. The zero-order chi connectivity index (χ0) is 20.8. The average molecular weight is 389 g/mol. The number of nitrogens with one attached hydrogen (secondary N) is 2. The topological polar surface area (TPSA) is 123 Å². The van der Waals surface area contributed by atoms with Crippen LogP contribution in [-0.2, 0) is 0 Å². The van der Waals surface area contributed by atoms with Crippen LogP contribution in [-0.4, -0.2) is 27.4 Å². The van der Waals surface area contributed by atoms with Gasteiger partial charge in [-0.3, -0.25) is 9.78 Å². The Hall–Kier alpha value is -4.12. The van der Waals surface area contributed by atoms with Crippen molar-refractivity contribution in [2.45, 2.75) is 20.0 Å². The van der Waals surface area contributed by atoms with Crippen LogP contribution in [0.1, 0.15) is 25.0 Å². The predicted molar refractivity (Wildman–Crippen MR) is 110 cm³/mol. The minimum absolute atomic E-state index is 0.0000410. The Bertz CT molecular complexity index is 1130. The largest absolute Gasteiger partial charge is 0.507 e. The van der Waals surface area contributed by atoms with Gasteiger partial charge >= 0.3 is 0 Å². The van der Waals surface area contributed by atoms with Crippen LogP contribution < -0.4 is 15.7 Å². The summed E-state index contributed by atoms with van der Waals surface area (Å²) in [6.07, 6.45) is 1.38. The molecule has 0 aliphatic carbocycles. The van der Waals surface area contributed by atoms with Crippen LogP contribution in [0, 0.1) is 11.3 Å². The van der Waals surface area contributed by atoms with Crippen molar-refractivity contribution in [3.05, 3.63) is 70.0 Å². The van der Waals surface area contributed by atoms with E-state index in [4.69, 9.17) is 4.74 Å². The lowest BCUT2D eigenvalue weighted by Gasteiger charge is -2.10. The summed E-state index contributed by atoms with van der Waals surface area (Å²) >= 11 is 0. The zero-order valence-corrected chi connectivity index (χ0v) is 15.9. The summed E-state index contributed by atoms with van der Waals surface area (Å²) < 4.78 is 5.52. The number of benzene rings is 2. The molecule has 0 saturated carbocycles. The molecule has 0 aliphatic rings. The Morgan fingerprint density at radius 2 is 2.03 bits per heavy atom. The summed E-state index contributed by atoms with van der Waals surface area (Å²) in [5.41, 5.74) is 3.32. The lowest BCUT2D eigenvalue weighted by Crippen LogP contribution is -2.16. The number of ether oxygens (including phenoxy) is 1. The molecule has 3 rings (SSSR count). The van der Waals surface area contributed by atoms with Gasteiger partial charge in [0.15, 0.2) is 0 Å². The van der Waals surface area contributed by atoms with Gasteiger partial charge in [-0.15, -0.1) is 0 Å². The molecule has 146 valence electrons. The standard InChI is InChI=1S/C21H19N5O3/c1-13(2)29-16-9-8-15(18(27)10-16)12-23-26-21-24-19(14-6-4-3-5-7-14)17(11-22)20(28)25-21/h3-10,12-13,27H,1-2H3,(H2,24,25,26,28). The van der Waals surface area contributed by atoms with Gasteiger partial charge in [0.1, 0.15) is 23.1 Å². The number of phenols is 1. The molecule has 8 nitrogen and oxygen atoms in total. The lowest BCUT2D eigenvalue weighted by molar-refractivity contribution is 0.241. The molecule has 0 unspecified atom stereocenters. The van der Waals surface area contributed by atoms with Crippen molar-refractivity contribution in [3.8, 4) is 28.8 Å². The number of nitriles is 1. The molecule has 0 atom stereocenters. The summed E-state index contributed by atoms with van der Waals surface area (Å²) in [5.74, 6) is 0.622. The number of hydrogen-bond donors (Lipinski definition) is 3. The van der Waals surface area contributed by atoms with Crippen molar-refractivity contribution in [2.75, 3.05) is 5.43 Å². The Labute approximate surface area is 167 Å². The second-order valence-corrected chi connectivity index (χ2v) is 6.37. The maximum Gasteiger partial charge on any atom is 0.270 e. The minimum atomic E-state index is -0.572. The Kier molecular flexibility index (Phi) is 5.90. The van der Waals surface area contributed by atoms with Crippen molar-refractivity contribution < 1.29 is 9.84 Å². The van der Waals surface area contributed by atoms with Gasteiger partial charge in [0.05, 0.1) is 18.0 Å². The summed E-state index contributed by atoms with van der Waals surface area (Å²) in [6, 6.07) is 15.7. The molecule has 0 amide bonds. The molecule has 3 N–H and O–H groups in total. The first kappa shape index (κ1) is 19.6. The predicted octanol–water partition coefficient (Wildman–Crippen LogP) is 3.25. The van der Waals surface area contributed by atoms with Crippen molar-refractivity contribution in [2.24, 2.45) is 5.10 Å². The third-order valence-electron chi connectivity index (χ3n) is 3.83. The highest BCUT2D eigenvalue weighted by molar-refractivity contribution is 5.84. The average Bonchev–Trinajstić information content (AvgIpc) is 2.69. The van der Waals surface area contributed by atoms with Crippen molar-refractivity contribution in [3.63, 3.8) is 0 Å². The molecular formula is C21H19N5O3. The highest BCUT2D eigenvalue weighted by Gasteiger charge is 2.12. The third kappa shape index (κ3) is 4.78. The number of aromatic amines is 1. The first-order valence-electron chi connectivity index (χ1n) is 8.86. The number of H-pyrrole nitrogens is 1. The maximum absolute atomic E-state index is 12.2. The van der Waals surface area contributed by atoms with E-state index in [0.717, 1.165) is 0 Å². The van der Waals surface area contributed by atoms with Gasteiger partial charge in [-0.05, 0) is 26.0 Å². The van der Waals surface area contributed by atoms with E-state index < -0.39 is 5.56 Å². The van der Waals surface area contributed by atoms with E-state index in [1.807, 2.05) is 26.0 Å². The van der Waals surface area contributed by atoms with Crippen molar-refractivity contribution in [1.82, 2.24) is 9.97 Å². The molecule has 0 spiro atoms. The molecule has 8 heteroatoms. The molecule has 0 radical (unpaired) electrons. The molecular weight excluding hydrogens is 370 g/mol. The van der Waals surface area contributed by atoms with Crippen LogP contribution in [0.3, 0.4) is 0 Å². The summed E-state index contributed by atoms with van der Waals surface area (Å²) in [7, 11) is 0. The SMILES string of the molecule is CC(C)Oc1ccc(C=NNc2nc(-c3ccccc3)c(C#N)c(=O)[nH]2)c(O)c1. The van der Waals surface area contributed by atoms with Gasteiger partial charge in [-0.25, -0.2) is 10.4 Å². The number of hydrogen-bond acceptors (Lipinski definition) is 7. The van der Waals surface area contributed by atoms with Gasteiger partial charge < -0.3 is 9.84 Å². The molecule has 0 aliphatic heterocycles. The van der Waals surface area contributed by atoms with Crippen LogP contribution in [0.25, 0.3) is 11.3 Å². The smallest absolute Gasteiger partial charge is 0.270 e. The number of rotatable bonds is 6. The second kappa shape index (κ2) is 8.71. The first-order chi connectivity index (χ1) is 14.0. The van der Waals surface area contributed by atoms with E-state index in [2.05, 4.69) is 20.5 Å². The third-order valence-corrected chi connectivity index (χ3v) is 3.83. The van der Waals surface area contributed by atoms with Crippen LogP contribution in [0.4, 0.5) is 5.95 Å². The van der Waals surface area contributed by atoms with Crippen LogP contribution in [0.5, 0.6) is 11.5 Å². The summed E-state index contributed by atoms with van der Waals surface area (Å²) in [6.45, 7) is 3.79. The Morgan fingerprint density at radius 3 is 2.69 bits per heavy atom. The fraction of sp³-hybridized carbons (Fsp3) is 0.143. The first-order valence-corrected chi connectivity index (χ1v) is 8.86. The summed E-state index contributed by atoms with van der Waals surface area (Å²) in [5, 5.41) is 23.4. The van der Waals surface area contributed by atoms with Gasteiger partial charge in [0.25, 0.3) is 5.56 Å². The van der Waals surface area contributed by atoms with Crippen LogP contribution in [0.15, 0.2) is 58.4 Å². The fourth-order valence-electron chi connectivity index (χ4n) is 2.58. The number of hydrazone groups is 1. The van der Waals surface area contributed by atoms with Crippen molar-refractivity contribution >= 4 is 12.2 Å². The van der Waals surface area contributed by atoms with Gasteiger partial charge in [-0.2, -0.15) is 10.4 Å². The van der Waals surface area contributed by atoms with E-state index in [1.165, 1.54) is 12.3 Å². The van der Waals surface area contributed by atoms with Crippen molar-refractivity contribution in [1.29, 1.82) is 5.26 Å². The molecule has 0 bridgehead atoms. The number of phenolic OH excluding ortho intramolecular Hbond substituents is 1. The number of aromatic nitrogens is 2. The number of anilines is 1.